The molecule has 0 bridgehead atoms. The molecule has 0 aliphatic rings. The fraction of sp³-hybridized carbons (Fsp3) is 0.375. The Balaban J connectivity index is 1.69. The highest BCUT2D eigenvalue weighted by Gasteiger charge is 2.16. The van der Waals surface area contributed by atoms with E-state index in [0.29, 0.717) is 23.7 Å². The van der Waals surface area contributed by atoms with E-state index in [-0.39, 0.29) is 12.5 Å². The number of aromatic nitrogens is 3. The molecule has 1 N–H and O–H groups in total. The molecule has 1 aromatic heterocycles. The van der Waals surface area contributed by atoms with Crippen molar-refractivity contribution in [3.63, 3.8) is 0 Å². The molecule has 0 unspecified atom stereocenters. The van der Waals surface area contributed by atoms with E-state index in [1.807, 2.05) is 31.2 Å². The summed E-state index contributed by atoms with van der Waals surface area (Å²) in [5.41, 5.74) is 3.14. The van der Waals surface area contributed by atoms with Gasteiger partial charge in [0.2, 0.25) is 5.91 Å². The molecule has 7 nitrogen and oxygen atoms in total. The third-order valence-electron chi connectivity index (χ3n) is 5.39. The van der Waals surface area contributed by atoms with Crippen molar-refractivity contribution in [2.45, 2.75) is 33.9 Å². The molecule has 0 atom stereocenters. The molecule has 0 spiro atoms. The minimum Gasteiger partial charge on any atom is -0.494 e. The van der Waals surface area contributed by atoms with Crippen LogP contribution < -0.4 is 9.64 Å². The van der Waals surface area contributed by atoms with Gasteiger partial charge in [-0.3, -0.25) is 14.5 Å². The number of anilines is 1. The summed E-state index contributed by atoms with van der Waals surface area (Å²) >= 11 is 5.38. The van der Waals surface area contributed by atoms with E-state index in [2.05, 4.69) is 53.2 Å². The topological polar surface area (TPSA) is 66.4 Å². The number of hydrogen-bond donors (Lipinski definition) is 1. The number of H-pyrrole nitrogens is 1. The number of amides is 1. The lowest BCUT2D eigenvalue weighted by Gasteiger charge is -2.22. The Morgan fingerprint density at radius 1 is 1.06 bits per heavy atom. The zero-order valence-electron chi connectivity index (χ0n) is 19.2. The van der Waals surface area contributed by atoms with Crippen LogP contribution in [0.15, 0.2) is 48.5 Å². The quantitative estimate of drug-likeness (QED) is 0.458. The fourth-order valence-electron chi connectivity index (χ4n) is 3.57. The molecule has 0 radical (unpaired) electrons. The van der Waals surface area contributed by atoms with E-state index >= 15 is 0 Å². The summed E-state index contributed by atoms with van der Waals surface area (Å²) in [5.74, 6) is 1.38. The van der Waals surface area contributed by atoms with E-state index in [0.717, 1.165) is 30.0 Å². The molecule has 3 aromatic rings. The summed E-state index contributed by atoms with van der Waals surface area (Å²) in [7, 11) is 1.81. The Kier molecular flexibility index (Phi) is 8.05. The number of nitrogens with zero attached hydrogens (tertiary/aromatic N) is 4. The Labute approximate surface area is 194 Å². The number of hydrogen-bond acceptors (Lipinski definition) is 5. The summed E-state index contributed by atoms with van der Waals surface area (Å²) in [6.45, 7) is 9.43. The van der Waals surface area contributed by atoms with E-state index in [1.54, 1.807) is 16.5 Å². The molecule has 1 amide bonds. The van der Waals surface area contributed by atoms with Gasteiger partial charge in [0.15, 0.2) is 10.6 Å². The monoisotopic (exact) mass is 453 g/mol. The van der Waals surface area contributed by atoms with Crippen LogP contribution in [0.5, 0.6) is 5.75 Å². The van der Waals surface area contributed by atoms with Gasteiger partial charge in [-0.15, -0.1) is 0 Å². The van der Waals surface area contributed by atoms with Crippen molar-refractivity contribution in [3.8, 4) is 17.1 Å². The SMILES string of the molecule is CCOc1ccc(-c2n[nH]c(=S)n2CC(=O)N(C)Cc2ccc(N(CC)CC)cc2)cc1. The number of aromatic amines is 1. The predicted molar refractivity (Wildman–Crippen MR) is 130 cm³/mol. The highest BCUT2D eigenvalue weighted by atomic mass is 32.1. The van der Waals surface area contributed by atoms with Crippen LogP contribution >= 0.6 is 12.2 Å². The van der Waals surface area contributed by atoms with Crippen LogP contribution in [0, 0.1) is 4.77 Å². The number of likely N-dealkylation sites (N-methyl/N-ethyl adjacent to an activating group) is 1. The Morgan fingerprint density at radius 2 is 1.72 bits per heavy atom. The number of ether oxygens (including phenoxy) is 1. The van der Waals surface area contributed by atoms with E-state index in [4.69, 9.17) is 17.0 Å². The fourth-order valence-corrected chi connectivity index (χ4v) is 3.77. The number of carbonyl (C=O) groups is 1. The molecule has 2 aromatic carbocycles. The molecule has 8 heteroatoms. The standard InChI is InChI=1S/C24H31N5O2S/c1-5-28(6-2)20-12-8-18(9-13-20)16-27(4)22(30)17-29-23(25-26-24(29)32)19-10-14-21(15-11-19)31-7-3/h8-15H,5-7,16-17H2,1-4H3,(H,26,32). The number of carbonyl (C=O) groups excluding carboxylic acids is 1. The van der Waals surface area contributed by atoms with Crippen LogP contribution in [-0.2, 0) is 17.9 Å². The van der Waals surface area contributed by atoms with Crippen molar-refractivity contribution >= 4 is 23.8 Å². The molecule has 0 saturated heterocycles. The van der Waals surface area contributed by atoms with E-state index in [9.17, 15) is 4.79 Å². The molecule has 3 rings (SSSR count). The summed E-state index contributed by atoms with van der Waals surface area (Å²) in [4.78, 5) is 17.0. The highest BCUT2D eigenvalue weighted by Crippen LogP contribution is 2.21. The average Bonchev–Trinajstić information content (AvgIpc) is 3.16. The van der Waals surface area contributed by atoms with Gasteiger partial charge >= 0.3 is 0 Å². The molecule has 1 heterocycles. The number of nitrogens with one attached hydrogen (secondary N) is 1. The van der Waals surface area contributed by atoms with Gasteiger partial charge in [-0.1, -0.05) is 12.1 Å². The van der Waals surface area contributed by atoms with Gasteiger partial charge < -0.3 is 14.5 Å². The van der Waals surface area contributed by atoms with E-state index in [1.165, 1.54) is 5.69 Å². The molecule has 0 aliphatic heterocycles. The number of benzene rings is 2. The lowest BCUT2D eigenvalue weighted by molar-refractivity contribution is -0.131. The van der Waals surface area contributed by atoms with Crippen LogP contribution in [-0.4, -0.2) is 52.3 Å². The molecule has 0 aliphatic carbocycles. The van der Waals surface area contributed by atoms with Gasteiger partial charge in [-0.2, -0.15) is 5.10 Å². The van der Waals surface area contributed by atoms with E-state index < -0.39 is 0 Å². The van der Waals surface area contributed by atoms with Gasteiger partial charge in [-0.25, -0.2) is 0 Å². The Morgan fingerprint density at radius 3 is 2.31 bits per heavy atom. The zero-order valence-corrected chi connectivity index (χ0v) is 20.0. The second-order valence-electron chi connectivity index (χ2n) is 7.48. The largest absolute Gasteiger partial charge is 0.494 e. The second-order valence-corrected chi connectivity index (χ2v) is 7.87. The lowest BCUT2D eigenvalue weighted by atomic mass is 10.2. The number of rotatable bonds is 10. The first-order valence-electron chi connectivity index (χ1n) is 10.9. The normalized spacial score (nSPS) is 10.8. The summed E-state index contributed by atoms with van der Waals surface area (Å²) < 4.78 is 7.64. The van der Waals surface area contributed by atoms with Crippen molar-refractivity contribution in [2.24, 2.45) is 0 Å². The van der Waals surface area contributed by atoms with Gasteiger partial charge in [-0.05, 0) is 75.0 Å². The zero-order chi connectivity index (χ0) is 23.1. The van der Waals surface area contributed by atoms with Crippen molar-refractivity contribution in [2.75, 3.05) is 31.6 Å². The maximum Gasteiger partial charge on any atom is 0.242 e. The maximum atomic E-state index is 12.9. The average molecular weight is 454 g/mol. The molecule has 170 valence electrons. The third-order valence-corrected chi connectivity index (χ3v) is 5.70. The highest BCUT2D eigenvalue weighted by molar-refractivity contribution is 7.71. The van der Waals surface area contributed by atoms with Crippen LogP contribution in [0.2, 0.25) is 0 Å². The van der Waals surface area contributed by atoms with Crippen molar-refractivity contribution in [3.05, 3.63) is 58.9 Å². The van der Waals surface area contributed by atoms with Crippen molar-refractivity contribution in [1.29, 1.82) is 0 Å². The summed E-state index contributed by atoms with van der Waals surface area (Å²) in [5, 5.41) is 7.14. The smallest absolute Gasteiger partial charge is 0.242 e. The molecule has 32 heavy (non-hydrogen) atoms. The Hall–Kier alpha value is -3.13. The van der Waals surface area contributed by atoms with Gasteiger partial charge in [0, 0.05) is 37.9 Å². The predicted octanol–water partition coefficient (Wildman–Crippen LogP) is 4.51. The first-order valence-corrected chi connectivity index (χ1v) is 11.3. The third kappa shape index (κ3) is 5.56. The second kappa shape index (κ2) is 10.9. The molecule has 0 fully saturated rings. The molecule has 0 saturated carbocycles. The summed E-state index contributed by atoms with van der Waals surface area (Å²) in [6, 6.07) is 16.0. The van der Waals surface area contributed by atoms with Crippen LogP contribution in [0.4, 0.5) is 5.69 Å². The first-order chi connectivity index (χ1) is 15.5. The van der Waals surface area contributed by atoms with Crippen LogP contribution in [0.1, 0.15) is 26.3 Å². The minimum atomic E-state index is -0.0393. The van der Waals surface area contributed by atoms with Crippen LogP contribution in [0.25, 0.3) is 11.4 Å². The van der Waals surface area contributed by atoms with Crippen LogP contribution in [0.3, 0.4) is 0 Å². The maximum absolute atomic E-state index is 12.9. The molecular formula is C24H31N5O2S. The molecular weight excluding hydrogens is 422 g/mol. The van der Waals surface area contributed by atoms with Gasteiger partial charge in [0.1, 0.15) is 12.3 Å². The van der Waals surface area contributed by atoms with Gasteiger partial charge in [0.05, 0.1) is 6.61 Å². The minimum absolute atomic E-state index is 0.0393. The van der Waals surface area contributed by atoms with Gasteiger partial charge in [0.25, 0.3) is 0 Å². The lowest BCUT2D eigenvalue weighted by Crippen LogP contribution is -2.30. The Bertz CT molecular complexity index is 1070. The first kappa shape index (κ1) is 23.5. The van der Waals surface area contributed by atoms with Crippen molar-refractivity contribution < 1.29 is 9.53 Å². The van der Waals surface area contributed by atoms with Crippen molar-refractivity contribution in [1.82, 2.24) is 19.7 Å². The summed E-state index contributed by atoms with van der Waals surface area (Å²) in [6.07, 6.45) is 0.